The molecule has 3 atom stereocenters. The van der Waals surface area contributed by atoms with E-state index in [0.29, 0.717) is 13.2 Å². The second-order valence-corrected chi connectivity index (χ2v) is 4.98. The summed E-state index contributed by atoms with van der Waals surface area (Å²) in [6.07, 6.45) is 4.04. The number of carboxylic acid groups (broad SMARTS) is 1. The summed E-state index contributed by atoms with van der Waals surface area (Å²) in [6, 6.07) is -1.66. The van der Waals surface area contributed by atoms with Crippen molar-refractivity contribution in [2.24, 2.45) is 0 Å². The third-order valence-electron chi connectivity index (χ3n) is 3.77. The van der Waals surface area contributed by atoms with E-state index < -0.39 is 24.6 Å². The zero-order valence-electron chi connectivity index (χ0n) is 10.7. The minimum atomic E-state index is -1.25. The van der Waals surface area contributed by atoms with E-state index in [2.05, 4.69) is 5.32 Å². The molecule has 1 heterocycles. The Bertz CT molecular complexity index is 347. The van der Waals surface area contributed by atoms with E-state index in [9.17, 15) is 9.59 Å². The first-order valence-electron chi connectivity index (χ1n) is 6.66. The Morgan fingerprint density at radius 3 is 2.79 bits per heavy atom. The summed E-state index contributed by atoms with van der Waals surface area (Å²) in [5.74, 6) is -1.23. The zero-order chi connectivity index (χ0) is 13.8. The molecule has 7 nitrogen and oxygen atoms in total. The van der Waals surface area contributed by atoms with Crippen LogP contribution in [0.5, 0.6) is 0 Å². The van der Waals surface area contributed by atoms with Gasteiger partial charge in [-0.1, -0.05) is 12.8 Å². The lowest BCUT2D eigenvalue weighted by Crippen LogP contribution is -2.59. The second kappa shape index (κ2) is 6.21. The molecule has 2 amide bonds. The van der Waals surface area contributed by atoms with Crippen LogP contribution in [-0.2, 0) is 9.53 Å². The molecule has 0 bridgehead atoms. The molecule has 3 unspecified atom stereocenters. The van der Waals surface area contributed by atoms with Crippen LogP contribution in [0.1, 0.15) is 25.7 Å². The van der Waals surface area contributed by atoms with E-state index in [-0.39, 0.29) is 12.1 Å². The van der Waals surface area contributed by atoms with Crippen LogP contribution >= 0.6 is 0 Å². The van der Waals surface area contributed by atoms with Crippen molar-refractivity contribution in [1.82, 2.24) is 10.2 Å². The number of urea groups is 1. The van der Waals surface area contributed by atoms with E-state index in [1.54, 1.807) is 4.90 Å². The number of fused-ring (bicyclic) bond motifs is 1. The SMILES string of the molecule is O=C(O)C(CO)NC(=O)N1CCOC2CCCCC21. The maximum Gasteiger partial charge on any atom is 0.328 e. The lowest BCUT2D eigenvalue weighted by Gasteiger charge is -2.43. The van der Waals surface area contributed by atoms with Crippen LogP contribution < -0.4 is 5.32 Å². The molecular weight excluding hydrogens is 252 g/mol. The maximum atomic E-state index is 12.1. The van der Waals surface area contributed by atoms with Crippen molar-refractivity contribution >= 4 is 12.0 Å². The molecule has 19 heavy (non-hydrogen) atoms. The molecule has 108 valence electrons. The highest BCUT2D eigenvalue weighted by molar-refractivity contribution is 5.82. The van der Waals surface area contributed by atoms with Gasteiger partial charge in [0.1, 0.15) is 0 Å². The zero-order valence-corrected chi connectivity index (χ0v) is 10.7. The van der Waals surface area contributed by atoms with Gasteiger partial charge in [-0.3, -0.25) is 0 Å². The molecule has 0 spiro atoms. The van der Waals surface area contributed by atoms with Crippen molar-refractivity contribution < 1.29 is 24.5 Å². The fourth-order valence-electron chi connectivity index (χ4n) is 2.77. The average Bonchev–Trinajstić information content (AvgIpc) is 2.43. The Morgan fingerprint density at radius 2 is 2.11 bits per heavy atom. The monoisotopic (exact) mass is 272 g/mol. The molecule has 2 fully saturated rings. The van der Waals surface area contributed by atoms with Crippen LogP contribution in [0.3, 0.4) is 0 Å². The van der Waals surface area contributed by atoms with Gasteiger partial charge in [0, 0.05) is 6.54 Å². The number of aliphatic carboxylic acids is 1. The minimum Gasteiger partial charge on any atom is -0.480 e. The Morgan fingerprint density at radius 1 is 1.37 bits per heavy atom. The molecule has 7 heteroatoms. The number of nitrogens with zero attached hydrogens (tertiary/aromatic N) is 1. The van der Waals surface area contributed by atoms with Gasteiger partial charge in [0.25, 0.3) is 0 Å². The number of hydrogen-bond acceptors (Lipinski definition) is 4. The number of amides is 2. The number of carboxylic acids is 1. The number of carbonyl (C=O) groups is 2. The van der Waals surface area contributed by atoms with E-state index in [1.807, 2.05) is 0 Å². The molecule has 3 N–H and O–H groups in total. The topological polar surface area (TPSA) is 99.1 Å². The first-order valence-corrected chi connectivity index (χ1v) is 6.66. The third-order valence-corrected chi connectivity index (χ3v) is 3.77. The summed E-state index contributed by atoms with van der Waals surface area (Å²) in [4.78, 5) is 24.6. The van der Waals surface area contributed by atoms with Gasteiger partial charge < -0.3 is 25.2 Å². The maximum absolute atomic E-state index is 12.1. The Labute approximate surface area is 111 Å². The summed E-state index contributed by atoms with van der Waals surface area (Å²) >= 11 is 0. The molecule has 1 aliphatic carbocycles. The summed E-state index contributed by atoms with van der Waals surface area (Å²) in [5, 5.41) is 20.1. The van der Waals surface area contributed by atoms with Crippen LogP contribution in [-0.4, -0.2) is 65.1 Å². The van der Waals surface area contributed by atoms with Gasteiger partial charge in [-0.15, -0.1) is 0 Å². The quantitative estimate of drug-likeness (QED) is 0.660. The fraction of sp³-hybridized carbons (Fsp3) is 0.833. The van der Waals surface area contributed by atoms with Crippen molar-refractivity contribution in [3.8, 4) is 0 Å². The Kier molecular flexibility index (Phi) is 4.60. The lowest BCUT2D eigenvalue weighted by atomic mass is 9.90. The molecule has 0 aromatic heterocycles. The van der Waals surface area contributed by atoms with Gasteiger partial charge in [-0.2, -0.15) is 0 Å². The van der Waals surface area contributed by atoms with E-state index in [0.717, 1.165) is 25.7 Å². The molecule has 0 aromatic rings. The standard InChI is InChI=1S/C12H20N2O5/c15-7-8(11(16)17)13-12(18)14-5-6-19-10-4-2-1-3-9(10)14/h8-10,15H,1-7H2,(H,13,18)(H,16,17). The number of carbonyl (C=O) groups excluding carboxylic acids is 1. The number of hydrogen-bond donors (Lipinski definition) is 3. The van der Waals surface area contributed by atoms with Crippen LogP contribution in [0, 0.1) is 0 Å². The van der Waals surface area contributed by atoms with E-state index >= 15 is 0 Å². The van der Waals surface area contributed by atoms with Gasteiger partial charge in [0.05, 0.1) is 25.4 Å². The smallest absolute Gasteiger partial charge is 0.328 e. The van der Waals surface area contributed by atoms with Gasteiger partial charge >= 0.3 is 12.0 Å². The third kappa shape index (κ3) is 3.16. The Balaban J connectivity index is 1.98. The number of aliphatic hydroxyl groups is 1. The number of ether oxygens (including phenoxy) is 1. The summed E-state index contributed by atoms with van der Waals surface area (Å²) in [6.45, 7) is 0.329. The number of rotatable bonds is 3. The second-order valence-electron chi connectivity index (χ2n) is 4.98. The average molecular weight is 272 g/mol. The number of aliphatic hydroxyl groups excluding tert-OH is 1. The van der Waals surface area contributed by atoms with Crippen LogP contribution in [0.2, 0.25) is 0 Å². The van der Waals surface area contributed by atoms with Gasteiger partial charge in [-0.05, 0) is 12.8 Å². The highest BCUT2D eigenvalue weighted by Gasteiger charge is 2.37. The molecule has 1 aliphatic heterocycles. The van der Waals surface area contributed by atoms with Crippen molar-refractivity contribution in [3.63, 3.8) is 0 Å². The predicted octanol–water partition coefficient (Wildman–Crippen LogP) is -0.215. The highest BCUT2D eigenvalue weighted by atomic mass is 16.5. The first-order chi connectivity index (χ1) is 9.13. The van der Waals surface area contributed by atoms with Crippen LogP contribution in [0.15, 0.2) is 0 Å². The molecule has 0 radical (unpaired) electrons. The van der Waals surface area contributed by atoms with Crippen molar-refractivity contribution in [2.45, 2.75) is 43.9 Å². The molecular formula is C12H20N2O5. The van der Waals surface area contributed by atoms with Crippen molar-refractivity contribution in [1.29, 1.82) is 0 Å². The van der Waals surface area contributed by atoms with Crippen molar-refractivity contribution in [3.05, 3.63) is 0 Å². The van der Waals surface area contributed by atoms with Crippen LogP contribution in [0.25, 0.3) is 0 Å². The molecule has 2 rings (SSSR count). The first kappa shape index (κ1) is 14.1. The molecule has 1 saturated heterocycles. The summed E-state index contributed by atoms with van der Waals surface area (Å²) in [5.41, 5.74) is 0. The van der Waals surface area contributed by atoms with Gasteiger partial charge in [0.15, 0.2) is 6.04 Å². The highest BCUT2D eigenvalue weighted by Crippen LogP contribution is 2.28. The van der Waals surface area contributed by atoms with E-state index in [4.69, 9.17) is 14.9 Å². The normalized spacial score (nSPS) is 28.4. The van der Waals surface area contributed by atoms with E-state index in [1.165, 1.54) is 0 Å². The van der Waals surface area contributed by atoms with Gasteiger partial charge in [0.2, 0.25) is 0 Å². The lowest BCUT2D eigenvalue weighted by molar-refractivity contribution is -0.140. The number of morpholine rings is 1. The molecule has 0 aromatic carbocycles. The fourth-order valence-corrected chi connectivity index (χ4v) is 2.77. The predicted molar refractivity (Wildman–Crippen MR) is 65.7 cm³/mol. The van der Waals surface area contributed by atoms with Gasteiger partial charge in [-0.25, -0.2) is 9.59 Å². The van der Waals surface area contributed by atoms with Crippen LogP contribution in [0.4, 0.5) is 4.79 Å². The van der Waals surface area contributed by atoms with Crippen molar-refractivity contribution in [2.75, 3.05) is 19.8 Å². The number of nitrogens with one attached hydrogen (secondary N) is 1. The summed E-state index contributed by atoms with van der Waals surface area (Å²) in [7, 11) is 0. The largest absolute Gasteiger partial charge is 0.480 e. The molecule has 2 aliphatic rings. The molecule has 1 saturated carbocycles. The minimum absolute atomic E-state index is 0.0237. The summed E-state index contributed by atoms with van der Waals surface area (Å²) < 4.78 is 5.65. The Hall–Kier alpha value is -1.34.